The topological polar surface area (TPSA) is 108 Å². The van der Waals surface area contributed by atoms with Gasteiger partial charge in [-0.25, -0.2) is 9.59 Å². The molecule has 30 heavy (non-hydrogen) atoms. The summed E-state index contributed by atoms with van der Waals surface area (Å²) < 4.78 is 5.29. The monoisotopic (exact) mass is 405 g/mol. The third-order valence-electron chi connectivity index (χ3n) is 5.06. The van der Waals surface area contributed by atoms with E-state index in [1.165, 1.54) is 6.92 Å². The van der Waals surface area contributed by atoms with E-state index in [1.807, 2.05) is 0 Å². The molecule has 154 valence electrons. The zero-order chi connectivity index (χ0) is 21.5. The number of hydrogen-bond acceptors (Lipinski definition) is 5. The van der Waals surface area contributed by atoms with E-state index in [0.29, 0.717) is 16.7 Å². The number of carbonyl (C=O) groups is 3. The van der Waals surface area contributed by atoms with Crippen LogP contribution in [0, 0.1) is 11.3 Å². The standard InChI is InChI=1S/C23H23N3O4/c1-15(21(27)26-23(29)25-17-9-3-4-10-17)30-22(28)20-13-7-6-12-19(20)18-11-5-2-8-16(18)14-24/h2,5-8,11-13,15,17H,3-4,9-10H2,1H3,(H2,25,26,27,29)/t15-/m0/s1. The molecule has 2 aromatic carbocycles. The highest BCUT2D eigenvalue weighted by molar-refractivity contribution is 6.01. The Morgan fingerprint density at radius 3 is 2.37 bits per heavy atom. The number of imide groups is 1. The van der Waals surface area contributed by atoms with Crippen LogP contribution in [0.25, 0.3) is 11.1 Å². The van der Waals surface area contributed by atoms with E-state index in [2.05, 4.69) is 16.7 Å². The van der Waals surface area contributed by atoms with Crippen LogP contribution in [0.2, 0.25) is 0 Å². The summed E-state index contributed by atoms with van der Waals surface area (Å²) in [7, 11) is 0. The lowest BCUT2D eigenvalue weighted by atomic mass is 9.96. The van der Waals surface area contributed by atoms with Gasteiger partial charge in [0.15, 0.2) is 6.10 Å². The molecule has 3 amide bonds. The van der Waals surface area contributed by atoms with Crippen LogP contribution in [0.4, 0.5) is 4.79 Å². The van der Waals surface area contributed by atoms with Gasteiger partial charge < -0.3 is 10.1 Å². The fraction of sp³-hybridized carbons (Fsp3) is 0.304. The maximum Gasteiger partial charge on any atom is 0.339 e. The van der Waals surface area contributed by atoms with Gasteiger partial charge in [-0.2, -0.15) is 5.26 Å². The molecule has 2 aromatic rings. The summed E-state index contributed by atoms with van der Waals surface area (Å²) in [6.07, 6.45) is 2.74. The molecule has 0 saturated heterocycles. The molecule has 2 N–H and O–H groups in total. The van der Waals surface area contributed by atoms with Crippen molar-refractivity contribution in [2.24, 2.45) is 0 Å². The molecule has 0 aromatic heterocycles. The number of carbonyl (C=O) groups excluding carboxylic acids is 3. The van der Waals surface area contributed by atoms with Crippen LogP contribution >= 0.6 is 0 Å². The Hall–Kier alpha value is -3.66. The average molecular weight is 405 g/mol. The Labute approximate surface area is 175 Å². The fourth-order valence-corrected chi connectivity index (χ4v) is 3.49. The summed E-state index contributed by atoms with van der Waals surface area (Å²) in [6, 6.07) is 15.2. The number of hydrogen-bond donors (Lipinski definition) is 2. The molecule has 1 aliphatic rings. The molecule has 3 rings (SSSR count). The molecule has 1 atom stereocenters. The first-order valence-electron chi connectivity index (χ1n) is 9.90. The first-order valence-corrected chi connectivity index (χ1v) is 9.90. The summed E-state index contributed by atoms with van der Waals surface area (Å²) in [5.41, 5.74) is 1.79. The van der Waals surface area contributed by atoms with Crippen LogP contribution in [-0.2, 0) is 9.53 Å². The van der Waals surface area contributed by atoms with Gasteiger partial charge in [0.1, 0.15) is 0 Å². The number of nitriles is 1. The molecule has 7 heteroatoms. The smallest absolute Gasteiger partial charge is 0.339 e. The minimum absolute atomic E-state index is 0.0720. The second-order valence-electron chi connectivity index (χ2n) is 7.19. The van der Waals surface area contributed by atoms with Crippen molar-refractivity contribution >= 4 is 17.9 Å². The van der Waals surface area contributed by atoms with Gasteiger partial charge in [-0.05, 0) is 37.5 Å². The van der Waals surface area contributed by atoms with E-state index >= 15 is 0 Å². The molecule has 0 spiro atoms. The van der Waals surface area contributed by atoms with Crippen LogP contribution in [-0.4, -0.2) is 30.1 Å². The molecule has 0 radical (unpaired) electrons. The van der Waals surface area contributed by atoms with Crippen molar-refractivity contribution in [2.75, 3.05) is 0 Å². The Morgan fingerprint density at radius 1 is 1.03 bits per heavy atom. The second-order valence-corrected chi connectivity index (χ2v) is 7.19. The third-order valence-corrected chi connectivity index (χ3v) is 5.06. The molecule has 1 aliphatic carbocycles. The fourth-order valence-electron chi connectivity index (χ4n) is 3.49. The minimum Gasteiger partial charge on any atom is -0.449 e. The van der Waals surface area contributed by atoms with Gasteiger partial charge in [0.2, 0.25) is 0 Å². The van der Waals surface area contributed by atoms with Gasteiger partial charge in [-0.15, -0.1) is 0 Å². The molecule has 7 nitrogen and oxygen atoms in total. The zero-order valence-corrected chi connectivity index (χ0v) is 16.7. The number of nitrogens with one attached hydrogen (secondary N) is 2. The zero-order valence-electron chi connectivity index (χ0n) is 16.7. The van der Waals surface area contributed by atoms with Crippen molar-refractivity contribution in [1.29, 1.82) is 5.26 Å². The number of benzene rings is 2. The van der Waals surface area contributed by atoms with Crippen LogP contribution in [0.3, 0.4) is 0 Å². The number of urea groups is 1. The third kappa shape index (κ3) is 5.03. The Balaban J connectivity index is 1.68. The Kier molecular flexibility index (Phi) is 6.81. The van der Waals surface area contributed by atoms with Crippen molar-refractivity contribution in [1.82, 2.24) is 10.6 Å². The number of esters is 1. The number of ether oxygens (including phenoxy) is 1. The van der Waals surface area contributed by atoms with Gasteiger partial charge >= 0.3 is 12.0 Å². The highest BCUT2D eigenvalue weighted by atomic mass is 16.5. The van der Waals surface area contributed by atoms with Crippen molar-refractivity contribution in [3.05, 3.63) is 59.7 Å². The van der Waals surface area contributed by atoms with Gasteiger partial charge in [-0.1, -0.05) is 49.2 Å². The average Bonchev–Trinajstić information content (AvgIpc) is 3.26. The van der Waals surface area contributed by atoms with Gasteiger partial charge in [0.25, 0.3) is 5.91 Å². The highest BCUT2D eigenvalue weighted by Gasteiger charge is 2.24. The SMILES string of the molecule is C[C@H](OC(=O)c1ccccc1-c1ccccc1C#N)C(=O)NC(=O)NC1CCCC1. The molecular weight excluding hydrogens is 382 g/mol. The lowest BCUT2D eigenvalue weighted by Gasteiger charge is -2.16. The van der Waals surface area contributed by atoms with Gasteiger partial charge in [-0.3, -0.25) is 10.1 Å². The van der Waals surface area contributed by atoms with Crippen LogP contribution in [0.5, 0.6) is 0 Å². The quantitative estimate of drug-likeness (QED) is 0.740. The molecule has 1 fully saturated rings. The Morgan fingerprint density at radius 2 is 1.67 bits per heavy atom. The maximum absolute atomic E-state index is 12.7. The van der Waals surface area contributed by atoms with Crippen LogP contribution in [0.1, 0.15) is 48.5 Å². The Bertz CT molecular complexity index is 990. The van der Waals surface area contributed by atoms with Crippen molar-refractivity contribution in [3.63, 3.8) is 0 Å². The summed E-state index contributed by atoms with van der Waals surface area (Å²) in [6.45, 7) is 1.40. The van der Waals surface area contributed by atoms with Crippen molar-refractivity contribution in [3.8, 4) is 17.2 Å². The summed E-state index contributed by atoms with van der Waals surface area (Å²) in [5, 5.41) is 14.3. The normalized spacial score (nSPS) is 14.4. The highest BCUT2D eigenvalue weighted by Crippen LogP contribution is 2.27. The maximum atomic E-state index is 12.7. The van der Waals surface area contributed by atoms with E-state index in [4.69, 9.17) is 4.74 Å². The lowest BCUT2D eigenvalue weighted by molar-refractivity contribution is -0.127. The minimum atomic E-state index is -1.16. The first kappa shape index (κ1) is 21.1. The largest absolute Gasteiger partial charge is 0.449 e. The molecule has 1 saturated carbocycles. The van der Waals surface area contributed by atoms with Gasteiger partial charge in [0, 0.05) is 11.6 Å². The predicted octanol–water partition coefficient (Wildman–Crippen LogP) is 3.54. The van der Waals surface area contributed by atoms with Crippen LogP contribution < -0.4 is 10.6 Å². The summed E-state index contributed by atoms with van der Waals surface area (Å²) >= 11 is 0. The molecule has 0 bridgehead atoms. The second kappa shape index (κ2) is 9.70. The van der Waals surface area contributed by atoms with Crippen LogP contribution in [0.15, 0.2) is 48.5 Å². The predicted molar refractivity (Wildman–Crippen MR) is 110 cm³/mol. The van der Waals surface area contributed by atoms with E-state index < -0.39 is 24.0 Å². The molecular formula is C23H23N3O4. The van der Waals surface area contributed by atoms with Crippen molar-refractivity contribution in [2.45, 2.75) is 44.8 Å². The van der Waals surface area contributed by atoms with Gasteiger partial charge in [0.05, 0.1) is 17.2 Å². The van der Waals surface area contributed by atoms with E-state index in [-0.39, 0.29) is 11.6 Å². The number of amides is 3. The lowest BCUT2D eigenvalue weighted by Crippen LogP contribution is -2.47. The van der Waals surface area contributed by atoms with E-state index in [0.717, 1.165) is 25.7 Å². The molecule has 0 aliphatic heterocycles. The van der Waals surface area contributed by atoms with E-state index in [1.54, 1.807) is 48.5 Å². The molecule has 0 unspecified atom stereocenters. The molecule has 0 heterocycles. The van der Waals surface area contributed by atoms with E-state index in [9.17, 15) is 19.6 Å². The first-order chi connectivity index (χ1) is 14.5. The summed E-state index contributed by atoms with van der Waals surface area (Å²) in [4.78, 5) is 37.0. The number of rotatable bonds is 5. The van der Waals surface area contributed by atoms with Crippen molar-refractivity contribution < 1.29 is 19.1 Å². The summed E-state index contributed by atoms with van der Waals surface area (Å²) in [5.74, 6) is -1.41. The number of nitrogens with zero attached hydrogens (tertiary/aromatic N) is 1.